The van der Waals surface area contributed by atoms with Gasteiger partial charge in [-0.25, -0.2) is 4.98 Å². The average molecular weight is 369 g/mol. The molecule has 26 heavy (non-hydrogen) atoms. The molecular weight excluding hydrogens is 346 g/mol. The van der Waals surface area contributed by atoms with E-state index in [0.717, 1.165) is 54.2 Å². The van der Waals surface area contributed by atoms with Crippen molar-refractivity contribution in [2.24, 2.45) is 0 Å². The van der Waals surface area contributed by atoms with E-state index in [1.807, 2.05) is 36.6 Å². The van der Waals surface area contributed by atoms with E-state index in [0.29, 0.717) is 0 Å². The van der Waals surface area contributed by atoms with Crippen LogP contribution in [-0.2, 0) is 6.54 Å². The van der Waals surface area contributed by atoms with Crippen LogP contribution in [0.1, 0.15) is 23.1 Å². The third-order valence-electron chi connectivity index (χ3n) is 4.83. The van der Waals surface area contributed by atoms with Crippen molar-refractivity contribution < 1.29 is 9.15 Å². The Balaban J connectivity index is 1.60. The molecule has 0 aliphatic carbocycles. The second kappa shape index (κ2) is 7.61. The zero-order chi connectivity index (χ0) is 17.9. The van der Waals surface area contributed by atoms with Gasteiger partial charge in [0.1, 0.15) is 11.5 Å². The first kappa shape index (κ1) is 17.3. The van der Waals surface area contributed by atoms with Crippen molar-refractivity contribution in [2.45, 2.75) is 19.5 Å². The molecule has 1 fully saturated rings. The summed E-state index contributed by atoms with van der Waals surface area (Å²) < 4.78 is 11.5. The van der Waals surface area contributed by atoms with Gasteiger partial charge in [-0.1, -0.05) is 24.3 Å². The SMILES string of the molecule is COc1ccccc1C1CNCCN1Cc1nc(-c2cccs2)oc1C. The standard InChI is InChI=1S/C20H23N3O2S/c1-14-16(22-20(25-14)19-8-5-11-26-19)13-23-10-9-21-12-17(23)15-6-3-4-7-18(15)24-2/h3-8,11,17,21H,9-10,12-13H2,1-2H3. The first-order valence-corrected chi connectivity index (χ1v) is 9.72. The highest BCUT2D eigenvalue weighted by Crippen LogP contribution is 2.32. The molecule has 0 radical (unpaired) electrons. The predicted octanol–water partition coefficient (Wildman–Crippen LogP) is 3.87. The minimum atomic E-state index is 0.251. The van der Waals surface area contributed by atoms with Crippen LogP contribution in [-0.4, -0.2) is 36.6 Å². The molecule has 6 heteroatoms. The first-order valence-electron chi connectivity index (χ1n) is 8.84. The molecule has 136 valence electrons. The number of rotatable bonds is 5. The van der Waals surface area contributed by atoms with Gasteiger partial charge in [0.2, 0.25) is 5.89 Å². The highest BCUT2D eigenvalue weighted by molar-refractivity contribution is 7.13. The largest absolute Gasteiger partial charge is 0.496 e. The molecule has 1 aliphatic rings. The Labute approximate surface area is 157 Å². The number of hydrogen-bond donors (Lipinski definition) is 1. The molecule has 0 bridgehead atoms. The van der Waals surface area contributed by atoms with E-state index in [9.17, 15) is 0 Å². The molecule has 3 heterocycles. The van der Waals surface area contributed by atoms with Crippen molar-refractivity contribution >= 4 is 11.3 Å². The molecule has 0 saturated carbocycles. The van der Waals surface area contributed by atoms with E-state index in [1.54, 1.807) is 18.4 Å². The summed E-state index contributed by atoms with van der Waals surface area (Å²) in [7, 11) is 1.73. The molecule has 4 rings (SSSR count). The van der Waals surface area contributed by atoms with Gasteiger partial charge in [0, 0.05) is 31.7 Å². The van der Waals surface area contributed by atoms with E-state index in [4.69, 9.17) is 14.1 Å². The topological polar surface area (TPSA) is 50.5 Å². The number of benzene rings is 1. The van der Waals surface area contributed by atoms with Crippen molar-refractivity contribution in [2.75, 3.05) is 26.7 Å². The molecule has 0 spiro atoms. The second-order valence-corrected chi connectivity index (χ2v) is 7.38. The van der Waals surface area contributed by atoms with Crippen LogP contribution in [0.5, 0.6) is 5.75 Å². The fourth-order valence-corrected chi connectivity index (χ4v) is 4.11. The van der Waals surface area contributed by atoms with Crippen molar-refractivity contribution in [3.05, 3.63) is 58.8 Å². The number of thiophene rings is 1. The number of aryl methyl sites for hydroxylation is 1. The van der Waals surface area contributed by atoms with Crippen molar-refractivity contribution in [1.82, 2.24) is 15.2 Å². The molecule has 1 aliphatic heterocycles. The zero-order valence-electron chi connectivity index (χ0n) is 15.1. The lowest BCUT2D eigenvalue weighted by Gasteiger charge is -2.36. The van der Waals surface area contributed by atoms with Crippen molar-refractivity contribution in [3.8, 4) is 16.5 Å². The maximum absolute atomic E-state index is 5.92. The van der Waals surface area contributed by atoms with Crippen molar-refractivity contribution in [1.29, 1.82) is 0 Å². The summed E-state index contributed by atoms with van der Waals surface area (Å²) in [6, 6.07) is 12.6. The third kappa shape index (κ3) is 3.40. The minimum absolute atomic E-state index is 0.251. The Hall–Kier alpha value is -2.15. The molecule has 1 unspecified atom stereocenters. The number of piperazine rings is 1. The van der Waals surface area contributed by atoms with Gasteiger partial charge in [-0.3, -0.25) is 4.90 Å². The summed E-state index contributed by atoms with van der Waals surface area (Å²) in [5.41, 5.74) is 2.22. The third-order valence-corrected chi connectivity index (χ3v) is 5.69. The lowest BCUT2D eigenvalue weighted by Crippen LogP contribution is -2.45. The van der Waals surface area contributed by atoms with Gasteiger partial charge in [0.05, 0.1) is 23.7 Å². The van der Waals surface area contributed by atoms with E-state index < -0.39 is 0 Å². The van der Waals surface area contributed by atoms with Gasteiger partial charge in [-0.15, -0.1) is 11.3 Å². The molecule has 5 nitrogen and oxygen atoms in total. The summed E-state index contributed by atoms with van der Waals surface area (Å²) >= 11 is 1.65. The second-order valence-electron chi connectivity index (χ2n) is 6.43. The van der Waals surface area contributed by atoms with Gasteiger partial charge < -0.3 is 14.5 Å². The quantitative estimate of drug-likeness (QED) is 0.740. The van der Waals surface area contributed by atoms with Crippen LogP contribution >= 0.6 is 11.3 Å². The summed E-state index contributed by atoms with van der Waals surface area (Å²) in [6.07, 6.45) is 0. The summed E-state index contributed by atoms with van der Waals surface area (Å²) in [4.78, 5) is 8.29. The van der Waals surface area contributed by atoms with E-state index in [2.05, 4.69) is 22.3 Å². The average Bonchev–Trinajstić information content (AvgIpc) is 3.33. The number of nitrogens with zero attached hydrogens (tertiary/aromatic N) is 2. The Morgan fingerprint density at radius 1 is 1.31 bits per heavy atom. The number of para-hydroxylation sites is 1. The number of aromatic nitrogens is 1. The summed E-state index contributed by atoms with van der Waals surface area (Å²) in [5, 5.41) is 5.55. The monoisotopic (exact) mass is 369 g/mol. The Morgan fingerprint density at radius 3 is 3.00 bits per heavy atom. The minimum Gasteiger partial charge on any atom is -0.496 e. The van der Waals surface area contributed by atoms with Gasteiger partial charge in [0.15, 0.2) is 0 Å². The number of hydrogen-bond acceptors (Lipinski definition) is 6. The van der Waals surface area contributed by atoms with Crippen LogP contribution in [0, 0.1) is 6.92 Å². The Bertz CT molecular complexity index is 860. The Morgan fingerprint density at radius 2 is 2.19 bits per heavy atom. The summed E-state index contributed by atoms with van der Waals surface area (Å²) in [6.45, 7) is 5.60. The van der Waals surface area contributed by atoms with Gasteiger partial charge in [-0.2, -0.15) is 0 Å². The highest BCUT2D eigenvalue weighted by Gasteiger charge is 2.27. The lowest BCUT2D eigenvalue weighted by molar-refractivity contribution is 0.149. The molecule has 1 N–H and O–H groups in total. The maximum atomic E-state index is 5.92. The fraction of sp³-hybridized carbons (Fsp3) is 0.350. The molecular formula is C20H23N3O2S. The van der Waals surface area contributed by atoms with Crippen LogP contribution in [0.3, 0.4) is 0 Å². The van der Waals surface area contributed by atoms with Gasteiger partial charge in [0.25, 0.3) is 0 Å². The zero-order valence-corrected chi connectivity index (χ0v) is 15.9. The van der Waals surface area contributed by atoms with Crippen LogP contribution in [0.4, 0.5) is 0 Å². The van der Waals surface area contributed by atoms with Crippen LogP contribution in [0.15, 0.2) is 46.2 Å². The van der Waals surface area contributed by atoms with Gasteiger partial charge >= 0.3 is 0 Å². The molecule has 1 aromatic carbocycles. The van der Waals surface area contributed by atoms with E-state index in [-0.39, 0.29) is 6.04 Å². The molecule has 2 aromatic heterocycles. The number of nitrogens with one attached hydrogen (secondary N) is 1. The molecule has 1 atom stereocenters. The van der Waals surface area contributed by atoms with Crippen molar-refractivity contribution in [3.63, 3.8) is 0 Å². The van der Waals surface area contributed by atoms with E-state index >= 15 is 0 Å². The number of oxazole rings is 1. The number of methoxy groups -OCH3 is 1. The molecule has 3 aromatic rings. The Kier molecular flexibility index (Phi) is 5.06. The maximum Gasteiger partial charge on any atom is 0.236 e. The van der Waals surface area contributed by atoms with Crippen LogP contribution < -0.4 is 10.1 Å². The lowest BCUT2D eigenvalue weighted by atomic mass is 10.0. The fourth-order valence-electron chi connectivity index (χ4n) is 3.46. The highest BCUT2D eigenvalue weighted by atomic mass is 32.1. The van der Waals surface area contributed by atoms with E-state index in [1.165, 1.54) is 5.56 Å². The predicted molar refractivity (Wildman–Crippen MR) is 104 cm³/mol. The normalized spacial score (nSPS) is 18.2. The van der Waals surface area contributed by atoms with Gasteiger partial charge in [-0.05, 0) is 24.4 Å². The smallest absolute Gasteiger partial charge is 0.236 e. The summed E-state index contributed by atoms with van der Waals surface area (Å²) in [5.74, 6) is 2.55. The number of ether oxygens (including phenoxy) is 1. The van der Waals surface area contributed by atoms with Crippen LogP contribution in [0.25, 0.3) is 10.8 Å². The molecule has 0 amide bonds. The molecule has 1 saturated heterocycles. The van der Waals surface area contributed by atoms with Crippen LogP contribution in [0.2, 0.25) is 0 Å². The first-order chi connectivity index (χ1) is 12.8.